The van der Waals surface area contributed by atoms with Crippen LogP contribution >= 0.6 is 11.8 Å². The average molecular weight is 505 g/mol. The molecule has 12 nitrogen and oxygen atoms in total. The number of nitrogens with one attached hydrogen (secondary N) is 3. The maximum atomic E-state index is 13.0. The van der Waals surface area contributed by atoms with Crippen LogP contribution in [-0.4, -0.2) is 77.4 Å². The number of amides is 4. The minimum absolute atomic E-state index is 0.236. The van der Waals surface area contributed by atoms with E-state index >= 15 is 0 Å². The van der Waals surface area contributed by atoms with Gasteiger partial charge in [0.1, 0.15) is 18.1 Å². The molecule has 0 aliphatic carbocycles. The van der Waals surface area contributed by atoms with Gasteiger partial charge in [0.05, 0.1) is 12.5 Å². The maximum absolute atomic E-state index is 13.0. The van der Waals surface area contributed by atoms with Gasteiger partial charge in [0.15, 0.2) is 0 Å². The molecule has 0 radical (unpaired) electrons. The number of carboxylic acid groups (broad SMARTS) is 1. The van der Waals surface area contributed by atoms with Crippen molar-refractivity contribution in [3.05, 3.63) is 0 Å². The average Bonchev–Trinajstić information content (AvgIpc) is 2.77. The molecule has 0 saturated heterocycles. The fourth-order valence-corrected chi connectivity index (χ4v) is 3.53. The van der Waals surface area contributed by atoms with Gasteiger partial charge in [-0.25, -0.2) is 4.79 Å². The van der Waals surface area contributed by atoms with Crippen molar-refractivity contribution in [2.45, 2.75) is 76.5 Å². The molecule has 0 aromatic carbocycles. The number of carboxylic acids is 1. The van der Waals surface area contributed by atoms with E-state index in [0.29, 0.717) is 31.6 Å². The van der Waals surface area contributed by atoms with E-state index in [4.69, 9.17) is 17.2 Å². The second-order valence-electron chi connectivity index (χ2n) is 8.18. The van der Waals surface area contributed by atoms with E-state index in [2.05, 4.69) is 16.0 Å². The maximum Gasteiger partial charge on any atom is 0.326 e. The van der Waals surface area contributed by atoms with E-state index in [1.54, 1.807) is 6.92 Å². The van der Waals surface area contributed by atoms with Crippen molar-refractivity contribution in [2.75, 3.05) is 18.6 Å². The lowest BCUT2D eigenvalue weighted by atomic mass is 9.98. The number of carbonyl (C=O) groups is 5. The molecule has 0 aromatic heterocycles. The first-order chi connectivity index (χ1) is 16.0. The molecule has 0 fully saturated rings. The molecule has 34 heavy (non-hydrogen) atoms. The van der Waals surface area contributed by atoms with Gasteiger partial charge >= 0.3 is 5.97 Å². The zero-order chi connectivity index (χ0) is 26.3. The summed E-state index contributed by atoms with van der Waals surface area (Å²) in [5.41, 5.74) is 16.3. The van der Waals surface area contributed by atoms with Gasteiger partial charge in [-0.1, -0.05) is 20.3 Å². The Morgan fingerprint density at radius 3 is 2.00 bits per heavy atom. The van der Waals surface area contributed by atoms with E-state index < -0.39 is 53.8 Å². The van der Waals surface area contributed by atoms with Crippen LogP contribution in [0.4, 0.5) is 0 Å². The summed E-state index contributed by atoms with van der Waals surface area (Å²) in [6.45, 7) is 3.93. The second kappa shape index (κ2) is 17.1. The van der Waals surface area contributed by atoms with Crippen molar-refractivity contribution >= 4 is 41.4 Å². The van der Waals surface area contributed by atoms with Crippen LogP contribution in [0.15, 0.2) is 0 Å². The van der Waals surface area contributed by atoms with Gasteiger partial charge in [-0.3, -0.25) is 19.2 Å². The Labute approximate surface area is 204 Å². The van der Waals surface area contributed by atoms with Crippen molar-refractivity contribution in [1.29, 1.82) is 0 Å². The van der Waals surface area contributed by atoms with Crippen molar-refractivity contribution in [3.63, 3.8) is 0 Å². The summed E-state index contributed by atoms with van der Waals surface area (Å²) >= 11 is 1.46. The number of aliphatic carboxylic acids is 1. The highest BCUT2D eigenvalue weighted by Gasteiger charge is 2.31. The molecule has 196 valence electrons. The van der Waals surface area contributed by atoms with Crippen LogP contribution in [0.25, 0.3) is 0 Å². The SMILES string of the molecule is CCC(C)C(NC(=O)C(CCSC)NC(=O)C(CCCCN)NC(=O)C(N)CC(N)=O)C(=O)O. The summed E-state index contributed by atoms with van der Waals surface area (Å²) in [6, 6.07) is -4.34. The van der Waals surface area contributed by atoms with Gasteiger partial charge in [-0.15, -0.1) is 0 Å². The quantitative estimate of drug-likeness (QED) is 0.110. The Hall–Kier alpha value is -2.38. The van der Waals surface area contributed by atoms with Crippen molar-refractivity contribution in [3.8, 4) is 0 Å². The van der Waals surface area contributed by atoms with Crippen LogP contribution < -0.4 is 33.2 Å². The third-order valence-corrected chi connectivity index (χ3v) is 6.00. The lowest BCUT2D eigenvalue weighted by Crippen LogP contribution is -2.58. The number of thioether (sulfide) groups is 1. The largest absolute Gasteiger partial charge is 0.480 e. The van der Waals surface area contributed by atoms with Gasteiger partial charge in [-0.05, 0) is 50.2 Å². The summed E-state index contributed by atoms with van der Waals surface area (Å²) in [6.07, 6.45) is 3.63. The fourth-order valence-electron chi connectivity index (χ4n) is 3.06. The Kier molecular flexibility index (Phi) is 15.9. The lowest BCUT2D eigenvalue weighted by molar-refractivity contribution is -0.143. The molecule has 5 atom stereocenters. The Morgan fingerprint density at radius 1 is 0.941 bits per heavy atom. The Bertz CT molecular complexity index is 695. The van der Waals surface area contributed by atoms with E-state index in [1.165, 1.54) is 11.8 Å². The smallest absolute Gasteiger partial charge is 0.326 e. The van der Waals surface area contributed by atoms with Gasteiger partial charge in [0.25, 0.3) is 0 Å². The number of hydrogen-bond donors (Lipinski definition) is 7. The molecule has 0 spiro atoms. The molecule has 0 aliphatic rings. The first-order valence-electron chi connectivity index (χ1n) is 11.3. The first kappa shape index (κ1) is 31.6. The predicted octanol–water partition coefficient (Wildman–Crippen LogP) is -1.34. The summed E-state index contributed by atoms with van der Waals surface area (Å²) in [4.78, 5) is 60.9. The number of primary amides is 1. The van der Waals surface area contributed by atoms with E-state index in [9.17, 15) is 29.1 Å². The molecule has 0 rings (SSSR count). The van der Waals surface area contributed by atoms with Crippen molar-refractivity contribution in [2.24, 2.45) is 23.1 Å². The highest BCUT2D eigenvalue weighted by Crippen LogP contribution is 2.10. The summed E-state index contributed by atoms with van der Waals surface area (Å²) in [5, 5.41) is 17.1. The first-order valence-corrected chi connectivity index (χ1v) is 12.7. The van der Waals surface area contributed by atoms with E-state index in [1.807, 2.05) is 13.2 Å². The lowest BCUT2D eigenvalue weighted by Gasteiger charge is -2.26. The number of unbranched alkanes of at least 4 members (excludes halogenated alkanes) is 1. The van der Waals surface area contributed by atoms with Gasteiger partial charge in [-0.2, -0.15) is 11.8 Å². The van der Waals surface area contributed by atoms with E-state index in [-0.39, 0.29) is 25.2 Å². The molecule has 0 heterocycles. The zero-order valence-electron chi connectivity index (χ0n) is 20.2. The van der Waals surface area contributed by atoms with E-state index in [0.717, 1.165) is 0 Å². The highest BCUT2D eigenvalue weighted by molar-refractivity contribution is 7.98. The molecular weight excluding hydrogens is 464 g/mol. The predicted molar refractivity (Wildman–Crippen MR) is 131 cm³/mol. The van der Waals surface area contributed by atoms with Crippen molar-refractivity contribution < 1.29 is 29.1 Å². The van der Waals surface area contributed by atoms with Crippen LogP contribution in [-0.2, 0) is 24.0 Å². The van der Waals surface area contributed by atoms with Crippen LogP contribution in [0.5, 0.6) is 0 Å². The van der Waals surface area contributed by atoms with Crippen LogP contribution in [0.1, 0.15) is 52.4 Å². The minimum atomic E-state index is -1.22. The zero-order valence-corrected chi connectivity index (χ0v) is 21.0. The molecule has 0 saturated carbocycles. The molecule has 10 N–H and O–H groups in total. The molecule has 4 amide bonds. The summed E-state index contributed by atoms with van der Waals surface area (Å²) in [7, 11) is 0. The van der Waals surface area contributed by atoms with Crippen LogP contribution in [0, 0.1) is 5.92 Å². The molecular formula is C21H40N6O6S. The normalized spacial score (nSPS) is 15.3. The standard InChI is InChI=1S/C21H40N6O6S/c1-4-12(2)17(21(32)33)27-20(31)15(8-10-34-3)26-19(30)14(7-5-6-9-22)25-18(29)13(23)11-16(24)28/h12-15,17H,4-11,22-23H2,1-3H3,(H2,24,28)(H,25,29)(H,26,30)(H,27,31)(H,32,33). The third-order valence-electron chi connectivity index (χ3n) is 5.36. The topological polar surface area (TPSA) is 220 Å². The highest BCUT2D eigenvalue weighted by atomic mass is 32.2. The number of rotatable bonds is 18. The molecule has 13 heteroatoms. The Balaban J connectivity index is 5.51. The molecule has 0 bridgehead atoms. The van der Waals surface area contributed by atoms with Crippen LogP contribution in [0.2, 0.25) is 0 Å². The van der Waals surface area contributed by atoms with Crippen molar-refractivity contribution in [1.82, 2.24) is 16.0 Å². The van der Waals surface area contributed by atoms with Crippen LogP contribution in [0.3, 0.4) is 0 Å². The van der Waals surface area contributed by atoms with Gasteiger partial charge < -0.3 is 38.3 Å². The summed E-state index contributed by atoms with van der Waals surface area (Å²) in [5.74, 6) is -3.65. The minimum Gasteiger partial charge on any atom is -0.480 e. The number of carbonyl (C=O) groups excluding carboxylic acids is 4. The fraction of sp³-hybridized carbons (Fsp3) is 0.762. The molecule has 0 aromatic rings. The summed E-state index contributed by atoms with van der Waals surface area (Å²) < 4.78 is 0. The number of nitrogens with two attached hydrogens (primary N) is 3. The Morgan fingerprint density at radius 2 is 1.50 bits per heavy atom. The second-order valence-corrected chi connectivity index (χ2v) is 9.16. The van der Waals surface area contributed by atoms with Gasteiger partial charge in [0, 0.05) is 0 Å². The molecule has 5 unspecified atom stereocenters. The third kappa shape index (κ3) is 12.2. The molecule has 0 aliphatic heterocycles. The van der Waals surface area contributed by atoms with Gasteiger partial charge in [0.2, 0.25) is 23.6 Å². The monoisotopic (exact) mass is 504 g/mol. The number of hydrogen-bond acceptors (Lipinski definition) is 8.